The topological polar surface area (TPSA) is 114 Å². The van der Waals surface area contributed by atoms with Crippen LogP contribution < -0.4 is 10.1 Å². The summed E-state index contributed by atoms with van der Waals surface area (Å²) in [5, 5.41) is 7.67. The Labute approximate surface area is 322 Å². The minimum Gasteiger partial charge on any atom is -0.497 e. The Morgan fingerprint density at radius 2 is 1.81 bits per heavy atom. The van der Waals surface area contributed by atoms with E-state index in [2.05, 4.69) is 60.3 Å². The van der Waals surface area contributed by atoms with Gasteiger partial charge in [0.25, 0.3) is 0 Å². The summed E-state index contributed by atoms with van der Waals surface area (Å²) in [5.74, 6) is 0.239. The number of nitrogens with zero attached hydrogens (tertiary/aromatic N) is 3. The highest BCUT2D eigenvalue weighted by Gasteiger charge is 2.56. The Morgan fingerprint density at radius 3 is 2.46 bits per heavy atom. The van der Waals surface area contributed by atoms with E-state index in [-0.39, 0.29) is 23.5 Å². The van der Waals surface area contributed by atoms with Gasteiger partial charge in [0.05, 0.1) is 43.5 Å². The van der Waals surface area contributed by atoms with E-state index in [1.807, 2.05) is 50.4 Å². The summed E-state index contributed by atoms with van der Waals surface area (Å²) in [4.78, 5) is 35.4. The van der Waals surface area contributed by atoms with Gasteiger partial charge in [-0.1, -0.05) is 32.0 Å². The van der Waals surface area contributed by atoms with Crippen molar-refractivity contribution in [1.82, 2.24) is 19.9 Å². The molecule has 0 bridgehead atoms. The number of hydrogen-bond donors (Lipinski definition) is 1. The van der Waals surface area contributed by atoms with Gasteiger partial charge in [-0.25, -0.2) is 4.98 Å². The zero-order valence-electron chi connectivity index (χ0n) is 32.7. The predicted molar refractivity (Wildman–Crippen MR) is 213 cm³/mol. The third-order valence-electron chi connectivity index (χ3n) is 10.4. The molecule has 0 radical (unpaired) electrons. The first-order valence-electron chi connectivity index (χ1n) is 18.7. The van der Waals surface area contributed by atoms with Crippen LogP contribution in [-0.2, 0) is 48.7 Å². The summed E-state index contributed by atoms with van der Waals surface area (Å²) in [7, 11) is 3.35. The average molecular weight is 753 g/mol. The molecule has 3 aromatic heterocycles. The normalized spacial score (nSPS) is 14.8. The first kappa shape index (κ1) is 39.1. The Morgan fingerprint density at radius 1 is 1.06 bits per heavy atom. The summed E-state index contributed by atoms with van der Waals surface area (Å²) >= 11 is 1.60. The SMILES string of the molecule is CCOC(=O)C(NCc1ccc(OC)cc1)C1(c2nc(-c3ccc4c(c3)c(CC(C)(C)COC(C)=O)c(-c3cccnc3[C@H](C)OC)n4CC)cs2)CC1. The third kappa shape index (κ3) is 8.09. The summed E-state index contributed by atoms with van der Waals surface area (Å²) in [6.07, 6.45) is 3.94. The van der Waals surface area contributed by atoms with Crippen molar-refractivity contribution < 1.29 is 28.5 Å². The highest BCUT2D eigenvalue weighted by molar-refractivity contribution is 7.10. The van der Waals surface area contributed by atoms with Crippen molar-refractivity contribution in [2.24, 2.45) is 5.41 Å². The third-order valence-corrected chi connectivity index (χ3v) is 11.5. The monoisotopic (exact) mass is 752 g/mol. The maximum absolute atomic E-state index is 13.5. The second kappa shape index (κ2) is 16.4. The van der Waals surface area contributed by atoms with E-state index in [0.29, 0.717) is 26.2 Å². The molecular weight excluding hydrogens is 701 g/mol. The number of rotatable bonds is 17. The second-order valence-electron chi connectivity index (χ2n) is 14.8. The number of ether oxygens (including phenoxy) is 4. The molecule has 1 N–H and O–H groups in total. The van der Waals surface area contributed by atoms with Gasteiger partial charge in [-0.05, 0) is 87.6 Å². The molecule has 1 saturated carbocycles. The fraction of sp³-hybridized carbons (Fsp3) is 0.442. The van der Waals surface area contributed by atoms with Crippen LogP contribution >= 0.6 is 11.3 Å². The molecule has 2 aromatic carbocycles. The van der Waals surface area contributed by atoms with E-state index in [0.717, 1.165) is 80.4 Å². The number of pyridine rings is 1. The van der Waals surface area contributed by atoms with Gasteiger partial charge < -0.3 is 23.5 Å². The lowest BCUT2D eigenvalue weighted by Crippen LogP contribution is -2.47. The maximum Gasteiger partial charge on any atom is 0.324 e. The molecule has 6 rings (SSSR count). The number of carbonyl (C=O) groups is 2. The van der Waals surface area contributed by atoms with Crippen LogP contribution in [0.5, 0.6) is 5.75 Å². The highest BCUT2D eigenvalue weighted by atomic mass is 32.1. The maximum atomic E-state index is 13.5. The van der Waals surface area contributed by atoms with E-state index in [4.69, 9.17) is 28.9 Å². The lowest BCUT2D eigenvalue weighted by Gasteiger charge is -2.25. The van der Waals surface area contributed by atoms with Crippen LogP contribution in [0.2, 0.25) is 0 Å². The molecule has 1 aliphatic rings. The van der Waals surface area contributed by atoms with Crippen LogP contribution in [-0.4, -0.2) is 59.9 Å². The first-order chi connectivity index (χ1) is 25.9. The molecular formula is C43H52N4O6S. The molecule has 0 spiro atoms. The number of carbonyl (C=O) groups excluding carboxylic acids is 2. The second-order valence-corrected chi connectivity index (χ2v) is 15.7. The van der Waals surface area contributed by atoms with Gasteiger partial charge in [-0.15, -0.1) is 11.3 Å². The largest absolute Gasteiger partial charge is 0.497 e. The molecule has 1 fully saturated rings. The summed E-state index contributed by atoms with van der Waals surface area (Å²) in [5.41, 5.74) is 7.35. The van der Waals surface area contributed by atoms with Crippen LogP contribution in [0.15, 0.2) is 66.2 Å². The van der Waals surface area contributed by atoms with Gasteiger partial charge in [0, 0.05) is 71.6 Å². The van der Waals surface area contributed by atoms with E-state index >= 15 is 0 Å². The number of nitrogens with one attached hydrogen (secondary N) is 1. The quantitative estimate of drug-likeness (QED) is 0.0935. The zero-order chi connectivity index (χ0) is 38.6. The molecule has 5 aromatic rings. The van der Waals surface area contributed by atoms with E-state index in [9.17, 15) is 9.59 Å². The molecule has 10 nitrogen and oxygen atoms in total. The lowest BCUT2D eigenvalue weighted by atomic mass is 9.84. The Bertz CT molecular complexity index is 2100. The molecule has 11 heteroatoms. The van der Waals surface area contributed by atoms with Crippen molar-refractivity contribution in [3.8, 4) is 28.3 Å². The van der Waals surface area contributed by atoms with E-state index in [1.54, 1.807) is 25.6 Å². The van der Waals surface area contributed by atoms with Crippen LogP contribution in [0.4, 0.5) is 0 Å². The predicted octanol–water partition coefficient (Wildman–Crippen LogP) is 8.45. The minimum absolute atomic E-state index is 0.214. The molecule has 0 amide bonds. The zero-order valence-corrected chi connectivity index (χ0v) is 33.5. The summed E-state index contributed by atoms with van der Waals surface area (Å²) in [6, 6.07) is 18.0. The number of fused-ring (bicyclic) bond motifs is 1. The highest BCUT2D eigenvalue weighted by Crippen LogP contribution is 2.53. The number of esters is 2. The van der Waals surface area contributed by atoms with Crippen molar-refractivity contribution in [2.75, 3.05) is 27.4 Å². The lowest BCUT2D eigenvalue weighted by molar-refractivity contribution is -0.147. The Hall–Kier alpha value is -4.58. The van der Waals surface area contributed by atoms with Gasteiger partial charge >= 0.3 is 11.9 Å². The van der Waals surface area contributed by atoms with Gasteiger partial charge in [0.15, 0.2) is 0 Å². The van der Waals surface area contributed by atoms with E-state index < -0.39 is 11.5 Å². The van der Waals surface area contributed by atoms with Crippen LogP contribution in [0, 0.1) is 5.41 Å². The van der Waals surface area contributed by atoms with Crippen molar-refractivity contribution >= 4 is 34.2 Å². The molecule has 1 aliphatic carbocycles. The first-order valence-corrected chi connectivity index (χ1v) is 19.6. The molecule has 3 heterocycles. The number of thiazole rings is 1. The molecule has 0 saturated heterocycles. The summed E-state index contributed by atoms with van der Waals surface area (Å²) < 4.78 is 24.6. The standard InChI is InChI=1S/C43H52N4O6S/c1-9-47-36-18-15-30(22-33(36)34(23-42(5,6)26-53-28(4)48)38(47)32-12-11-21-44-37(32)27(3)50-7)35-25-54-41(46-35)43(19-20-43)39(40(49)52-10-2)45-24-29-13-16-31(51-8)17-14-29/h11-18,21-22,25,27,39,45H,9-10,19-20,23-24,26H2,1-8H3/t27-,39?/m0/s1. The van der Waals surface area contributed by atoms with Crippen molar-refractivity contribution in [1.29, 1.82) is 0 Å². The smallest absolute Gasteiger partial charge is 0.324 e. The number of benzene rings is 2. The van der Waals surface area contributed by atoms with Gasteiger partial charge in [-0.3, -0.25) is 19.9 Å². The minimum atomic E-state index is -0.531. The fourth-order valence-electron chi connectivity index (χ4n) is 7.37. The fourth-order valence-corrected chi connectivity index (χ4v) is 8.49. The van der Waals surface area contributed by atoms with Gasteiger partial charge in [0.2, 0.25) is 0 Å². The molecule has 0 aliphatic heterocycles. The average Bonchev–Trinajstić information content (AvgIpc) is 3.70. The molecule has 286 valence electrons. The number of hydrogen-bond acceptors (Lipinski definition) is 10. The summed E-state index contributed by atoms with van der Waals surface area (Å²) in [6.45, 7) is 13.6. The van der Waals surface area contributed by atoms with Crippen LogP contribution in [0.1, 0.15) is 82.3 Å². The van der Waals surface area contributed by atoms with Gasteiger partial charge in [0.1, 0.15) is 16.8 Å². The van der Waals surface area contributed by atoms with E-state index in [1.165, 1.54) is 6.92 Å². The van der Waals surface area contributed by atoms with Crippen molar-refractivity contribution in [2.45, 2.75) is 91.5 Å². The number of aromatic nitrogens is 3. The molecule has 1 unspecified atom stereocenters. The van der Waals surface area contributed by atoms with Gasteiger partial charge in [-0.2, -0.15) is 0 Å². The van der Waals surface area contributed by atoms with Crippen molar-refractivity contribution in [3.63, 3.8) is 0 Å². The molecule has 54 heavy (non-hydrogen) atoms. The van der Waals surface area contributed by atoms with Crippen LogP contribution in [0.3, 0.4) is 0 Å². The Kier molecular flexibility index (Phi) is 11.9. The number of methoxy groups -OCH3 is 2. The molecule has 2 atom stereocenters. The van der Waals surface area contributed by atoms with Crippen molar-refractivity contribution in [3.05, 3.63) is 88.0 Å². The Balaban J connectivity index is 1.41. The number of aryl methyl sites for hydroxylation is 1. The van der Waals surface area contributed by atoms with Crippen LogP contribution in [0.25, 0.3) is 33.4 Å².